The lowest BCUT2D eigenvalue weighted by atomic mass is 10.1. The van der Waals surface area contributed by atoms with Crippen LogP contribution in [0.1, 0.15) is 11.1 Å². The van der Waals surface area contributed by atoms with Gasteiger partial charge in [0.2, 0.25) is 5.95 Å². The van der Waals surface area contributed by atoms with Gasteiger partial charge in [-0.25, -0.2) is 13.2 Å². The minimum Gasteiger partial charge on any atom is -0.336 e. The Morgan fingerprint density at radius 1 is 0.880 bits per heavy atom. The molecule has 0 aliphatic rings. The molecule has 0 bridgehead atoms. The van der Waals surface area contributed by atoms with Crippen molar-refractivity contribution in [1.29, 1.82) is 0 Å². The van der Waals surface area contributed by atoms with Gasteiger partial charge in [0.15, 0.2) is 23.3 Å². The monoisotopic (exact) mass is 345 g/mol. The van der Waals surface area contributed by atoms with Crippen LogP contribution in [-0.2, 0) is 0 Å². The van der Waals surface area contributed by atoms with E-state index in [1.807, 2.05) is 32.0 Å². The van der Waals surface area contributed by atoms with Gasteiger partial charge < -0.3 is 10.6 Å². The zero-order chi connectivity index (χ0) is 18.0. The van der Waals surface area contributed by atoms with Crippen molar-refractivity contribution in [2.24, 2.45) is 0 Å². The van der Waals surface area contributed by atoms with Crippen LogP contribution in [0.3, 0.4) is 0 Å². The molecule has 0 unspecified atom stereocenters. The van der Waals surface area contributed by atoms with E-state index in [0.717, 1.165) is 28.9 Å². The van der Waals surface area contributed by atoms with Crippen molar-refractivity contribution in [3.05, 3.63) is 65.1 Å². The maximum absolute atomic E-state index is 13.7. The van der Waals surface area contributed by atoms with Crippen LogP contribution in [0.4, 0.5) is 36.3 Å². The van der Waals surface area contributed by atoms with Crippen molar-refractivity contribution in [2.75, 3.05) is 10.6 Å². The average molecular weight is 345 g/mol. The molecule has 2 aromatic carbocycles. The normalized spacial score (nSPS) is 10.6. The highest BCUT2D eigenvalue weighted by molar-refractivity contribution is 5.62. The average Bonchev–Trinajstić information content (AvgIpc) is 2.60. The summed E-state index contributed by atoms with van der Waals surface area (Å²) in [5.41, 5.74) is 2.67. The summed E-state index contributed by atoms with van der Waals surface area (Å²) < 4.78 is 40.0. The second-order valence-corrected chi connectivity index (χ2v) is 5.39. The van der Waals surface area contributed by atoms with Gasteiger partial charge >= 0.3 is 0 Å². The van der Waals surface area contributed by atoms with Gasteiger partial charge in [0.05, 0.1) is 11.9 Å². The molecule has 128 valence electrons. The number of anilines is 4. The van der Waals surface area contributed by atoms with Crippen LogP contribution >= 0.6 is 0 Å². The van der Waals surface area contributed by atoms with Crippen molar-refractivity contribution in [3.8, 4) is 0 Å². The van der Waals surface area contributed by atoms with Crippen LogP contribution in [0.5, 0.6) is 0 Å². The highest BCUT2D eigenvalue weighted by Gasteiger charge is 2.14. The number of nitrogens with one attached hydrogen (secondary N) is 2. The van der Waals surface area contributed by atoms with Gasteiger partial charge in [-0.2, -0.15) is 10.1 Å². The number of hydrogen-bond acceptors (Lipinski definition) is 5. The summed E-state index contributed by atoms with van der Waals surface area (Å²) >= 11 is 0. The molecule has 3 rings (SSSR count). The number of aryl methyl sites for hydroxylation is 1. The molecule has 5 nitrogen and oxygen atoms in total. The van der Waals surface area contributed by atoms with E-state index in [9.17, 15) is 13.2 Å². The van der Waals surface area contributed by atoms with Crippen LogP contribution in [0.15, 0.2) is 36.5 Å². The Morgan fingerprint density at radius 3 is 2.48 bits per heavy atom. The molecule has 0 saturated carbocycles. The molecule has 3 aromatic rings. The van der Waals surface area contributed by atoms with Gasteiger partial charge in [-0.05, 0) is 43.2 Å². The molecule has 1 heterocycles. The van der Waals surface area contributed by atoms with Gasteiger partial charge in [0, 0.05) is 5.69 Å². The van der Waals surface area contributed by atoms with Gasteiger partial charge in [-0.15, -0.1) is 5.10 Å². The molecule has 2 N–H and O–H groups in total. The first-order valence-electron chi connectivity index (χ1n) is 7.39. The van der Waals surface area contributed by atoms with E-state index in [4.69, 9.17) is 0 Å². The van der Waals surface area contributed by atoms with Crippen molar-refractivity contribution >= 4 is 23.1 Å². The van der Waals surface area contributed by atoms with Crippen molar-refractivity contribution in [2.45, 2.75) is 13.8 Å². The maximum Gasteiger partial charge on any atom is 0.249 e. The second kappa shape index (κ2) is 6.76. The number of benzene rings is 2. The van der Waals surface area contributed by atoms with E-state index >= 15 is 0 Å². The largest absolute Gasteiger partial charge is 0.336 e. The Labute approximate surface area is 141 Å². The molecule has 0 spiro atoms. The summed E-state index contributed by atoms with van der Waals surface area (Å²) in [7, 11) is 0. The van der Waals surface area contributed by atoms with E-state index in [2.05, 4.69) is 25.8 Å². The first-order chi connectivity index (χ1) is 12.0. The first kappa shape index (κ1) is 16.7. The highest BCUT2D eigenvalue weighted by atomic mass is 19.2. The van der Waals surface area contributed by atoms with Gasteiger partial charge in [-0.1, -0.05) is 12.1 Å². The van der Waals surface area contributed by atoms with Gasteiger partial charge in [0.25, 0.3) is 0 Å². The number of hydrogen-bond donors (Lipinski definition) is 2. The predicted molar refractivity (Wildman–Crippen MR) is 88.6 cm³/mol. The van der Waals surface area contributed by atoms with E-state index in [-0.39, 0.29) is 17.5 Å². The molecule has 25 heavy (non-hydrogen) atoms. The fourth-order valence-electron chi connectivity index (χ4n) is 2.18. The fraction of sp³-hybridized carbons (Fsp3) is 0.118. The van der Waals surface area contributed by atoms with E-state index in [1.165, 1.54) is 6.20 Å². The topological polar surface area (TPSA) is 62.7 Å². The van der Waals surface area contributed by atoms with Gasteiger partial charge in [0.1, 0.15) is 0 Å². The predicted octanol–water partition coefficient (Wildman–Crippen LogP) is 4.39. The lowest BCUT2D eigenvalue weighted by molar-refractivity contribution is 0.449. The number of nitrogens with zero attached hydrogens (tertiary/aromatic N) is 3. The lowest BCUT2D eigenvalue weighted by Crippen LogP contribution is -2.05. The summed E-state index contributed by atoms with van der Waals surface area (Å²) in [4.78, 5) is 4.15. The van der Waals surface area contributed by atoms with Gasteiger partial charge in [-0.3, -0.25) is 0 Å². The van der Waals surface area contributed by atoms with E-state index in [1.54, 1.807) is 0 Å². The van der Waals surface area contributed by atoms with E-state index < -0.39 is 17.5 Å². The third kappa shape index (κ3) is 3.52. The maximum atomic E-state index is 13.7. The van der Waals surface area contributed by atoms with E-state index in [0.29, 0.717) is 0 Å². The van der Waals surface area contributed by atoms with Crippen LogP contribution in [0.25, 0.3) is 0 Å². The third-order valence-corrected chi connectivity index (χ3v) is 3.71. The number of rotatable bonds is 4. The minimum atomic E-state index is -1.55. The Morgan fingerprint density at radius 2 is 1.68 bits per heavy atom. The quantitative estimate of drug-likeness (QED) is 0.687. The Kier molecular flexibility index (Phi) is 4.51. The Bertz CT molecular complexity index is 930. The molecule has 0 aliphatic carbocycles. The molecule has 1 aromatic heterocycles. The zero-order valence-corrected chi connectivity index (χ0v) is 13.4. The molecule has 0 atom stereocenters. The highest BCUT2D eigenvalue weighted by Crippen LogP contribution is 2.24. The number of halogens is 3. The number of aromatic nitrogens is 3. The summed E-state index contributed by atoms with van der Waals surface area (Å²) in [5, 5.41) is 13.2. The van der Waals surface area contributed by atoms with Crippen molar-refractivity contribution in [3.63, 3.8) is 0 Å². The fourth-order valence-corrected chi connectivity index (χ4v) is 2.18. The smallest absolute Gasteiger partial charge is 0.249 e. The van der Waals surface area contributed by atoms with Crippen molar-refractivity contribution < 1.29 is 13.2 Å². The van der Waals surface area contributed by atoms with Crippen LogP contribution in [0, 0.1) is 31.3 Å². The molecule has 0 fully saturated rings. The van der Waals surface area contributed by atoms with Crippen LogP contribution in [-0.4, -0.2) is 15.2 Å². The molecule has 0 aliphatic heterocycles. The second-order valence-electron chi connectivity index (χ2n) is 5.39. The Balaban J connectivity index is 1.85. The zero-order valence-electron chi connectivity index (χ0n) is 13.4. The molecule has 0 amide bonds. The summed E-state index contributed by atoms with van der Waals surface area (Å²) in [5.74, 6) is -3.83. The summed E-state index contributed by atoms with van der Waals surface area (Å²) in [6.07, 6.45) is 1.25. The molecule has 0 saturated heterocycles. The summed E-state index contributed by atoms with van der Waals surface area (Å²) in [6.45, 7) is 3.92. The molecule has 8 heteroatoms. The summed E-state index contributed by atoms with van der Waals surface area (Å²) in [6, 6.07) is 7.62. The van der Waals surface area contributed by atoms with Crippen LogP contribution in [0.2, 0.25) is 0 Å². The standard InChI is InChI=1S/C17H14F3N5/c1-9-4-3-5-12(10(9)2)23-17-24-14(8-21-25-17)22-13-7-6-11(18)15(19)16(13)20/h3-8H,1-2H3,(H2,22,23,24,25). The van der Waals surface area contributed by atoms with Crippen molar-refractivity contribution in [1.82, 2.24) is 15.2 Å². The molecular formula is C17H14F3N5. The first-order valence-corrected chi connectivity index (χ1v) is 7.39. The lowest BCUT2D eigenvalue weighted by Gasteiger charge is -2.11. The minimum absolute atomic E-state index is 0.132. The SMILES string of the molecule is Cc1cccc(Nc2nncc(Nc3ccc(F)c(F)c3F)n2)c1C. The third-order valence-electron chi connectivity index (χ3n) is 3.71. The Hall–Kier alpha value is -3.16. The molecule has 0 radical (unpaired) electrons. The molecular weight excluding hydrogens is 331 g/mol. The van der Waals surface area contributed by atoms with Crippen LogP contribution < -0.4 is 10.6 Å².